The smallest absolute Gasteiger partial charge is 0.303 e. The molecule has 4 heteroatoms. The first kappa shape index (κ1) is 13.0. The van der Waals surface area contributed by atoms with Crippen LogP contribution in [0.25, 0.3) is 0 Å². The molecule has 1 saturated carbocycles. The molecule has 0 spiro atoms. The van der Waals surface area contributed by atoms with Crippen LogP contribution in [0.2, 0.25) is 0 Å². The minimum Gasteiger partial charge on any atom is -0.481 e. The molecule has 1 aromatic carbocycles. The Morgan fingerprint density at radius 1 is 1.28 bits per heavy atom. The third kappa shape index (κ3) is 2.86. The Kier molecular flexibility index (Phi) is 3.94. The van der Waals surface area contributed by atoms with Gasteiger partial charge in [-0.05, 0) is 42.4 Å². The van der Waals surface area contributed by atoms with Crippen LogP contribution in [0, 0.1) is 17.6 Å². The van der Waals surface area contributed by atoms with E-state index in [1.807, 2.05) is 0 Å². The van der Waals surface area contributed by atoms with Crippen molar-refractivity contribution in [3.05, 3.63) is 35.4 Å². The van der Waals surface area contributed by atoms with Gasteiger partial charge in [0, 0.05) is 0 Å². The first-order chi connectivity index (χ1) is 8.58. The number of hydrogen-bond donors (Lipinski definition) is 1. The van der Waals surface area contributed by atoms with E-state index in [-0.39, 0.29) is 18.3 Å². The van der Waals surface area contributed by atoms with Gasteiger partial charge in [-0.15, -0.1) is 0 Å². The van der Waals surface area contributed by atoms with Crippen LogP contribution < -0.4 is 0 Å². The fourth-order valence-corrected chi connectivity index (χ4v) is 2.85. The first-order valence-electron chi connectivity index (χ1n) is 6.24. The maximum absolute atomic E-state index is 13.2. The second-order valence-electron chi connectivity index (χ2n) is 4.92. The second kappa shape index (κ2) is 5.46. The maximum Gasteiger partial charge on any atom is 0.303 e. The molecule has 1 unspecified atom stereocenters. The second-order valence-corrected chi connectivity index (χ2v) is 4.92. The van der Waals surface area contributed by atoms with Gasteiger partial charge in [0.25, 0.3) is 0 Å². The summed E-state index contributed by atoms with van der Waals surface area (Å²) in [5, 5.41) is 8.96. The van der Waals surface area contributed by atoms with E-state index in [9.17, 15) is 13.6 Å². The monoisotopic (exact) mass is 254 g/mol. The number of hydrogen-bond acceptors (Lipinski definition) is 1. The summed E-state index contributed by atoms with van der Waals surface area (Å²) in [5.41, 5.74) is 0.600. The van der Waals surface area contributed by atoms with E-state index in [4.69, 9.17) is 5.11 Å². The Morgan fingerprint density at radius 3 is 2.50 bits per heavy atom. The minimum absolute atomic E-state index is 0.0181. The molecule has 0 amide bonds. The molecule has 0 heterocycles. The third-order valence-corrected chi connectivity index (χ3v) is 3.74. The molecule has 1 fully saturated rings. The molecule has 98 valence electrons. The number of carbonyl (C=O) groups is 1. The lowest BCUT2D eigenvalue weighted by Crippen LogP contribution is -2.15. The van der Waals surface area contributed by atoms with Gasteiger partial charge in [-0.2, -0.15) is 0 Å². The molecule has 1 aromatic rings. The lowest BCUT2D eigenvalue weighted by Gasteiger charge is -2.22. The van der Waals surface area contributed by atoms with Crippen molar-refractivity contribution in [2.45, 2.75) is 38.0 Å². The van der Waals surface area contributed by atoms with E-state index in [1.165, 1.54) is 6.07 Å². The molecule has 2 rings (SSSR count). The molecular formula is C14H16F2O2. The largest absolute Gasteiger partial charge is 0.481 e. The summed E-state index contributed by atoms with van der Waals surface area (Å²) in [7, 11) is 0. The zero-order valence-electron chi connectivity index (χ0n) is 10.0. The van der Waals surface area contributed by atoms with Crippen molar-refractivity contribution in [1.82, 2.24) is 0 Å². The van der Waals surface area contributed by atoms with Crippen LogP contribution in [0.15, 0.2) is 18.2 Å². The summed E-state index contributed by atoms with van der Waals surface area (Å²) in [6.45, 7) is 0. The highest BCUT2D eigenvalue weighted by Gasteiger charge is 2.28. The van der Waals surface area contributed by atoms with Crippen LogP contribution in [-0.2, 0) is 4.79 Å². The maximum atomic E-state index is 13.2. The quantitative estimate of drug-likeness (QED) is 0.889. The van der Waals surface area contributed by atoms with Crippen LogP contribution in [0.1, 0.15) is 43.6 Å². The number of carboxylic acid groups (broad SMARTS) is 1. The Bertz CT molecular complexity index is 439. The predicted molar refractivity (Wildman–Crippen MR) is 63.3 cm³/mol. The first-order valence-corrected chi connectivity index (χ1v) is 6.24. The van der Waals surface area contributed by atoms with Crippen molar-refractivity contribution in [3.8, 4) is 0 Å². The summed E-state index contributed by atoms with van der Waals surface area (Å²) in [6.07, 6.45) is 4.10. The van der Waals surface area contributed by atoms with E-state index >= 15 is 0 Å². The molecule has 1 atom stereocenters. The average molecular weight is 254 g/mol. The molecule has 1 N–H and O–H groups in total. The Labute approximate surface area is 105 Å². The molecule has 0 aliphatic heterocycles. The highest BCUT2D eigenvalue weighted by Crippen LogP contribution is 2.39. The van der Waals surface area contributed by atoms with Crippen molar-refractivity contribution in [3.63, 3.8) is 0 Å². The Morgan fingerprint density at radius 2 is 1.94 bits per heavy atom. The highest BCUT2D eigenvalue weighted by atomic mass is 19.2. The van der Waals surface area contributed by atoms with E-state index in [2.05, 4.69) is 0 Å². The number of rotatable bonds is 4. The highest BCUT2D eigenvalue weighted by molar-refractivity contribution is 5.68. The standard InChI is InChI=1S/C14H16F2O2/c15-12-6-5-10(7-13(12)16)11(8-14(17)18)9-3-1-2-4-9/h5-7,9,11H,1-4,8H2,(H,17,18). The van der Waals surface area contributed by atoms with Crippen LogP contribution in [0.3, 0.4) is 0 Å². The molecule has 2 nitrogen and oxygen atoms in total. The van der Waals surface area contributed by atoms with Crippen molar-refractivity contribution in [1.29, 1.82) is 0 Å². The van der Waals surface area contributed by atoms with Crippen molar-refractivity contribution >= 4 is 5.97 Å². The van der Waals surface area contributed by atoms with Crippen LogP contribution in [0.4, 0.5) is 8.78 Å². The molecular weight excluding hydrogens is 238 g/mol. The SMILES string of the molecule is O=C(O)CC(c1ccc(F)c(F)c1)C1CCCC1. The number of halogens is 2. The fourth-order valence-electron chi connectivity index (χ4n) is 2.85. The van der Waals surface area contributed by atoms with Gasteiger partial charge < -0.3 is 5.11 Å². The molecule has 0 radical (unpaired) electrons. The zero-order chi connectivity index (χ0) is 13.1. The molecule has 1 aliphatic rings. The predicted octanol–water partition coefficient (Wildman–Crippen LogP) is 3.71. The van der Waals surface area contributed by atoms with Gasteiger partial charge in [-0.1, -0.05) is 18.9 Å². The topological polar surface area (TPSA) is 37.3 Å². The molecule has 0 bridgehead atoms. The number of benzene rings is 1. The summed E-state index contributed by atoms with van der Waals surface area (Å²) in [5.74, 6) is -2.62. The summed E-state index contributed by atoms with van der Waals surface area (Å²) in [6, 6.07) is 3.72. The van der Waals surface area contributed by atoms with Gasteiger partial charge in [-0.25, -0.2) is 8.78 Å². The van der Waals surface area contributed by atoms with Crippen molar-refractivity contribution < 1.29 is 18.7 Å². The van der Waals surface area contributed by atoms with Crippen molar-refractivity contribution in [2.75, 3.05) is 0 Å². The third-order valence-electron chi connectivity index (χ3n) is 3.74. The van der Waals surface area contributed by atoms with E-state index in [0.29, 0.717) is 5.56 Å². The van der Waals surface area contributed by atoms with Crippen LogP contribution in [0.5, 0.6) is 0 Å². The lowest BCUT2D eigenvalue weighted by molar-refractivity contribution is -0.137. The summed E-state index contributed by atoms with van der Waals surface area (Å²) < 4.78 is 26.2. The van der Waals surface area contributed by atoms with Gasteiger partial charge in [0.2, 0.25) is 0 Å². The normalized spacial score (nSPS) is 17.9. The van der Waals surface area contributed by atoms with Gasteiger partial charge in [0.1, 0.15) is 0 Å². The van der Waals surface area contributed by atoms with E-state index < -0.39 is 17.6 Å². The lowest BCUT2D eigenvalue weighted by atomic mass is 9.82. The fraction of sp³-hybridized carbons (Fsp3) is 0.500. The minimum atomic E-state index is -0.902. The molecule has 0 saturated heterocycles. The van der Waals surface area contributed by atoms with Gasteiger partial charge in [0.05, 0.1) is 6.42 Å². The van der Waals surface area contributed by atoms with Gasteiger partial charge in [0.15, 0.2) is 11.6 Å². The molecule has 1 aliphatic carbocycles. The Hall–Kier alpha value is -1.45. The number of aliphatic carboxylic acids is 1. The average Bonchev–Trinajstić information content (AvgIpc) is 2.83. The Balaban J connectivity index is 2.26. The van der Waals surface area contributed by atoms with Crippen molar-refractivity contribution in [2.24, 2.45) is 5.92 Å². The van der Waals surface area contributed by atoms with E-state index in [1.54, 1.807) is 0 Å². The van der Waals surface area contributed by atoms with Gasteiger partial charge in [-0.3, -0.25) is 4.79 Å². The summed E-state index contributed by atoms with van der Waals surface area (Å²) >= 11 is 0. The van der Waals surface area contributed by atoms with Crippen LogP contribution in [-0.4, -0.2) is 11.1 Å². The molecule has 18 heavy (non-hydrogen) atoms. The molecule has 0 aromatic heterocycles. The zero-order valence-corrected chi connectivity index (χ0v) is 10.0. The number of carboxylic acids is 1. The van der Waals surface area contributed by atoms with Crippen LogP contribution >= 0.6 is 0 Å². The van der Waals surface area contributed by atoms with Gasteiger partial charge >= 0.3 is 5.97 Å². The summed E-state index contributed by atoms with van der Waals surface area (Å²) in [4.78, 5) is 10.9. The van der Waals surface area contributed by atoms with E-state index in [0.717, 1.165) is 37.8 Å².